The number of amides is 1. The van der Waals surface area contributed by atoms with Crippen LogP contribution in [0.2, 0.25) is 0 Å². The number of aromatic nitrogens is 1. The first-order valence-corrected chi connectivity index (χ1v) is 5.47. The van der Waals surface area contributed by atoms with E-state index in [0.717, 1.165) is 16.5 Å². The normalized spacial score (nSPS) is 12.0. The molecule has 1 heterocycles. The van der Waals surface area contributed by atoms with E-state index >= 15 is 0 Å². The number of pyridine rings is 1. The van der Waals surface area contributed by atoms with Crippen molar-refractivity contribution in [2.75, 3.05) is 0 Å². The molecular weight excluding hydrogens is 232 g/mol. The fraction of sp³-hybridized carbons (Fsp3) is 0.154. The second-order valence-electron chi connectivity index (χ2n) is 3.85. The van der Waals surface area contributed by atoms with Crippen molar-refractivity contribution in [2.24, 2.45) is 0 Å². The van der Waals surface area contributed by atoms with Crippen LogP contribution in [-0.2, 0) is 9.59 Å². The highest BCUT2D eigenvalue weighted by Crippen LogP contribution is 2.24. The van der Waals surface area contributed by atoms with Gasteiger partial charge < -0.3 is 10.4 Å². The first-order chi connectivity index (χ1) is 8.72. The molecule has 0 saturated heterocycles. The van der Waals surface area contributed by atoms with E-state index in [-0.39, 0.29) is 6.42 Å². The van der Waals surface area contributed by atoms with Gasteiger partial charge in [0, 0.05) is 11.6 Å². The van der Waals surface area contributed by atoms with Crippen molar-refractivity contribution < 1.29 is 14.7 Å². The molecule has 1 aromatic carbocycles. The number of para-hydroxylation sites is 1. The van der Waals surface area contributed by atoms with Crippen LogP contribution in [0.4, 0.5) is 0 Å². The summed E-state index contributed by atoms with van der Waals surface area (Å²) in [7, 11) is 0. The van der Waals surface area contributed by atoms with Crippen LogP contribution in [0.25, 0.3) is 10.9 Å². The van der Waals surface area contributed by atoms with Crippen LogP contribution in [-0.4, -0.2) is 22.5 Å². The fourth-order valence-electron chi connectivity index (χ4n) is 1.94. The summed E-state index contributed by atoms with van der Waals surface area (Å²) in [6.07, 6.45) is 1.97. The van der Waals surface area contributed by atoms with E-state index in [0.29, 0.717) is 6.41 Å². The smallest absolute Gasteiger partial charge is 0.305 e. The lowest BCUT2D eigenvalue weighted by atomic mass is 10.00. The van der Waals surface area contributed by atoms with E-state index in [2.05, 4.69) is 10.3 Å². The first kappa shape index (κ1) is 12.0. The molecule has 0 aliphatic heterocycles. The minimum Gasteiger partial charge on any atom is -0.481 e. The maximum atomic E-state index is 10.8. The molecule has 0 bridgehead atoms. The molecule has 0 aliphatic carbocycles. The molecule has 0 saturated carbocycles. The minimum atomic E-state index is -0.963. The number of hydrogen-bond donors (Lipinski definition) is 2. The molecule has 2 aromatic rings. The molecule has 18 heavy (non-hydrogen) atoms. The second-order valence-corrected chi connectivity index (χ2v) is 3.85. The number of carbonyl (C=O) groups is 2. The molecule has 92 valence electrons. The predicted octanol–water partition coefficient (Wildman–Crippen LogP) is 1.50. The first-order valence-electron chi connectivity index (χ1n) is 5.47. The van der Waals surface area contributed by atoms with Gasteiger partial charge in [-0.25, -0.2) is 0 Å². The Balaban J connectivity index is 2.49. The minimum absolute atomic E-state index is 0.160. The quantitative estimate of drug-likeness (QED) is 0.781. The molecule has 0 unspecified atom stereocenters. The largest absolute Gasteiger partial charge is 0.481 e. The Bertz CT molecular complexity index is 578. The highest BCUT2D eigenvalue weighted by molar-refractivity contribution is 5.83. The molecule has 2 N–H and O–H groups in total. The van der Waals surface area contributed by atoms with Gasteiger partial charge in [-0.3, -0.25) is 14.6 Å². The van der Waals surface area contributed by atoms with Gasteiger partial charge in [0.1, 0.15) is 0 Å². The van der Waals surface area contributed by atoms with Gasteiger partial charge in [-0.05, 0) is 17.7 Å². The van der Waals surface area contributed by atoms with E-state index in [4.69, 9.17) is 5.11 Å². The van der Waals surface area contributed by atoms with Gasteiger partial charge in [0.25, 0.3) is 0 Å². The monoisotopic (exact) mass is 244 g/mol. The van der Waals surface area contributed by atoms with E-state index in [1.807, 2.05) is 24.3 Å². The van der Waals surface area contributed by atoms with Gasteiger partial charge in [0.2, 0.25) is 6.41 Å². The van der Waals surface area contributed by atoms with Crippen LogP contribution >= 0.6 is 0 Å². The van der Waals surface area contributed by atoms with Crippen molar-refractivity contribution in [1.29, 1.82) is 0 Å². The number of rotatable bonds is 5. The third-order valence-corrected chi connectivity index (χ3v) is 2.71. The SMILES string of the molecule is O=CN[C@@H](CC(=O)O)c1ccnc2ccccc12. The Labute approximate surface area is 103 Å². The van der Waals surface area contributed by atoms with Crippen molar-refractivity contribution in [2.45, 2.75) is 12.5 Å². The number of nitrogens with one attached hydrogen (secondary N) is 1. The maximum Gasteiger partial charge on any atom is 0.305 e. The molecule has 5 heteroatoms. The van der Waals surface area contributed by atoms with Crippen molar-refractivity contribution in [1.82, 2.24) is 10.3 Å². The van der Waals surface area contributed by atoms with Gasteiger partial charge >= 0.3 is 5.97 Å². The van der Waals surface area contributed by atoms with Gasteiger partial charge in [0.05, 0.1) is 18.0 Å². The fourth-order valence-corrected chi connectivity index (χ4v) is 1.94. The summed E-state index contributed by atoms with van der Waals surface area (Å²) in [5.74, 6) is -0.963. The number of carboxylic acids is 1. The summed E-state index contributed by atoms with van der Waals surface area (Å²) in [5, 5.41) is 12.3. The summed E-state index contributed by atoms with van der Waals surface area (Å²) in [5.41, 5.74) is 1.54. The average Bonchev–Trinajstić information content (AvgIpc) is 2.37. The lowest BCUT2D eigenvalue weighted by Crippen LogP contribution is -2.22. The van der Waals surface area contributed by atoms with Crippen LogP contribution in [0, 0.1) is 0 Å². The number of carboxylic acid groups (broad SMARTS) is 1. The van der Waals surface area contributed by atoms with Gasteiger partial charge in [-0.1, -0.05) is 18.2 Å². The maximum absolute atomic E-state index is 10.8. The molecule has 5 nitrogen and oxygen atoms in total. The number of nitrogens with zero attached hydrogens (tertiary/aromatic N) is 1. The summed E-state index contributed by atoms with van der Waals surface area (Å²) >= 11 is 0. The molecular formula is C13H12N2O3. The number of aliphatic carboxylic acids is 1. The third kappa shape index (κ3) is 2.45. The summed E-state index contributed by atoms with van der Waals surface area (Å²) in [4.78, 5) is 25.6. The van der Waals surface area contributed by atoms with Crippen LogP contribution in [0.5, 0.6) is 0 Å². The molecule has 0 radical (unpaired) electrons. The standard InChI is InChI=1S/C13H12N2O3/c16-8-15-12(7-13(17)18)10-5-6-14-11-4-2-1-3-9(10)11/h1-6,8,12H,7H2,(H,15,16)(H,17,18)/t12-/m0/s1. The Hall–Kier alpha value is -2.43. The summed E-state index contributed by atoms with van der Waals surface area (Å²) in [6, 6.07) is 8.60. The van der Waals surface area contributed by atoms with Crippen molar-refractivity contribution in [3.8, 4) is 0 Å². The molecule has 1 aromatic heterocycles. The van der Waals surface area contributed by atoms with Gasteiger partial charge in [-0.15, -0.1) is 0 Å². The number of fused-ring (bicyclic) bond motifs is 1. The summed E-state index contributed by atoms with van der Waals surface area (Å²) < 4.78 is 0. The third-order valence-electron chi connectivity index (χ3n) is 2.71. The van der Waals surface area contributed by atoms with Crippen LogP contribution in [0.15, 0.2) is 36.5 Å². The van der Waals surface area contributed by atoms with Gasteiger partial charge in [0.15, 0.2) is 0 Å². The Morgan fingerprint density at radius 2 is 2.17 bits per heavy atom. The van der Waals surface area contributed by atoms with Crippen molar-refractivity contribution >= 4 is 23.3 Å². The van der Waals surface area contributed by atoms with E-state index in [1.165, 1.54) is 0 Å². The van der Waals surface area contributed by atoms with Crippen LogP contribution in [0.1, 0.15) is 18.0 Å². The van der Waals surface area contributed by atoms with Crippen molar-refractivity contribution in [3.63, 3.8) is 0 Å². The number of hydrogen-bond acceptors (Lipinski definition) is 3. The molecule has 0 spiro atoms. The highest BCUT2D eigenvalue weighted by Gasteiger charge is 2.17. The zero-order chi connectivity index (χ0) is 13.0. The zero-order valence-corrected chi connectivity index (χ0v) is 9.54. The molecule has 1 atom stereocenters. The van der Waals surface area contributed by atoms with Gasteiger partial charge in [-0.2, -0.15) is 0 Å². The topological polar surface area (TPSA) is 79.3 Å². The number of benzene rings is 1. The number of carbonyl (C=O) groups excluding carboxylic acids is 1. The Morgan fingerprint density at radius 1 is 1.39 bits per heavy atom. The average molecular weight is 244 g/mol. The highest BCUT2D eigenvalue weighted by atomic mass is 16.4. The van der Waals surface area contributed by atoms with E-state index < -0.39 is 12.0 Å². The molecule has 1 amide bonds. The second kappa shape index (κ2) is 5.27. The lowest BCUT2D eigenvalue weighted by molar-refractivity contribution is -0.137. The van der Waals surface area contributed by atoms with Crippen LogP contribution < -0.4 is 5.32 Å². The van der Waals surface area contributed by atoms with Crippen molar-refractivity contribution in [3.05, 3.63) is 42.1 Å². The molecule has 0 aliphatic rings. The summed E-state index contributed by atoms with van der Waals surface area (Å²) in [6.45, 7) is 0. The van der Waals surface area contributed by atoms with Crippen LogP contribution in [0.3, 0.4) is 0 Å². The van der Waals surface area contributed by atoms with E-state index in [1.54, 1.807) is 12.3 Å². The predicted molar refractivity (Wildman–Crippen MR) is 65.9 cm³/mol. The zero-order valence-electron chi connectivity index (χ0n) is 9.54. The Kier molecular flexibility index (Phi) is 3.52. The molecule has 0 fully saturated rings. The Morgan fingerprint density at radius 3 is 2.89 bits per heavy atom. The molecule has 2 rings (SSSR count). The lowest BCUT2D eigenvalue weighted by Gasteiger charge is -2.16. The van der Waals surface area contributed by atoms with E-state index in [9.17, 15) is 9.59 Å².